The van der Waals surface area contributed by atoms with Crippen molar-refractivity contribution in [2.75, 3.05) is 17.6 Å². The summed E-state index contributed by atoms with van der Waals surface area (Å²) in [4.78, 5) is 10.6. The van der Waals surface area contributed by atoms with E-state index in [2.05, 4.69) is 5.32 Å². The quantitative estimate of drug-likeness (QED) is 0.440. The SMILES string of the molecule is Nc1cc(C(=O)O)c(F)cc1NCCCC(F)(F)F. The standard InChI is InChI=1S/C11H12F4N2O2/c12-7-5-9(8(16)4-6(7)10(18)19)17-3-1-2-11(13,14)15/h4-5,17H,1-3,16H2,(H,18,19). The van der Waals surface area contributed by atoms with Crippen LogP contribution in [0.25, 0.3) is 0 Å². The van der Waals surface area contributed by atoms with Crippen molar-refractivity contribution in [3.05, 3.63) is 23.5 Å². The molecule has 0 spiro atoms. The lowest BCUT2D eigenvalue weighted by Crippen LogP contribution is -2.12. The van der Waals surface area contributed by atoms with Gasteiger partial charge in [-0.1, -0.05) is 0 Å². The number of halogens is 4. The van der Waals surface area contributed by atoms with Gasteiger partial charge in [-0.2, -0.15) is 13.2 Å². The van der Waals surface area contributed by atoms with Crippen LogP contribution in [-0.2, 0) is 0 Å². The van der Waals surface area contributed by atoms with Gasteiger partial charge in [0.1, 0.15) is 5.82 Å². The van der Waals surface area contributed by atoms with E-state index in [1.165, 1.54) is 0 Å². The zero-order valence-corrected chi connectivity index (χ0v) is 9.72. The summed E-state index contributed by atoms with van der Waals surface area (Å²) in [5.41, 5.74) is 4.93. The van der Waals surface area contributed by atoms with Gasteiger partial charge in [0.05, 0.1) is 16.9 Å². The number of anilines is 2. The van der Waals surface area contributed by atoms with Crippen molar-refractivity contribution in [3.8, 4) is 0 Å². The van der Waals surface area contributed by atoms with Crippen LogP contribution in [-0.4, -0.2) is 23.8 Å². The van der Waals surface area contributed by atoms with Crippen LogP contribution in [0.2, 0.25) is 0 Å². The highest BCUT2D eigenvalue weighted by molar-refractivity contribution is 5.90. The fourth-order valence-electron chi connectivity index (χ4n) is 1.42. The Bertz CT molecular complexity index is 474. The first kappa shape index (κ1) is 15.1. The third-order valence-electron chi connectivity index (χ3n) is 2.32. The van der Waals surface area contributed by atoms with E-state index in [1.54, 1.807) is 0 Å². The predicted octanol–water partition coefficient (Wildman–Crippen LogP) is 2.86. The maximum Gasteiger partial charge on any atom is 0.389 e. The number of alkyl halides is 3. The number of nitrogen functional groups attached to an aromatic ring is 1. The van der Waals surface area contributed by atoms with Gasteiger partial charge in [0.25, 0.3) is 0 Å². The van der Waals surface area contributed by atoms with Crippen LogP contribution in [0.15, 0.2) is 12.1 Å². The first-order valence-corrected chi connectivity index (χ1v) is 5.33. The number of nitrogens with one attached hydrogen (secondary N) is 1. The Balaban J connectivity index is 2.65. The van der Waals surface area contributed by atoms with Crippen LogP contribution >= 0.6 is 0 Å². The highest BCUT2D eigenvalue weighted by atomic mass is 19.4. The minimum Gasteiger partial charge on any atom is -0.478 e. The third-order valence-corrected chi connectivity index (χ3v) is 2.32. The second-order valence-electron chi connectivity index (χ2n) is 3.87. The normalized spacial score (nSPS) is 11.4. The van der Waals surface area contributed by atoms with Crippen LogP contribution in [0.3, 0.4) is 0 Å². The van der Waals surface area contributed by atoms with E-state index in [9.17, 15) is 22.4 Å². The van der Waals surface area contributed by atoms with E-state index in [4.69, 9.17) is 10.8 Å². The van der Waals surface area contributed by atoms with Crippen molar-refractivity contribution in [1.29, 1.82) is 0 Å². The number of carbonyl (C=O) groups is 1. The molecule has 1 rings (SSSR count). The number of nitrogens with two attached hydrogens (primary N) is 1. The molecule has 106 valence electrons. The average molecular weight is 280 g/mol. The fraction of sp³-hybridized carbons (Fsp3) is 0.364. The van der Waals surface area contributed by atoms with Crippen molar-refractivity contribution in [3.63, 3.8) is 0 Å². The zero-order chi connectivity index (χ0) is 14.6. The van der Waals surface area contributed by atoms with Gasteiger partial charge in [-0.05, 0) is 18.6 Å². The van der Waals surface area contributed by atoms with Gasteiger partial charge in [0, 0.05) is 13.0 Å². The molecule has 0 aliphatic heterocycles. The molecule has 8 heteroatoms. The summed E-state index contributed by atoms with van der Waals surface area (Å²) in [5.74, 6) is -2.46. The molecule has 0 fully saturated rings. The lowest BCUT2D eigenvalue weighted by molar-refractivity contribution is -0.134. The molecule has 0 heterocycles. The second-order valence-corrected chi connectivity index (χ2v) is 3.87. The lowest BCUT2D eigenvalue weighted by atomic mass is 10.1. The molecule has 0 radical (unpaired) electrons. The number of rotatable bonds is 5. The zero-order valence-electron chi connectivity index (χ0n) is 9.72. The number of carboxylic acids is 1. The predicted molar refractivity (Wildman–Crippen MR) is 61.6 cm³/mol. The molecule has 0 bridgehead atoms. The maximum atomic E-state index is 13.3. The van der Waals surface area contributed by atoms with Gasteiger partial charge in [-0.15, -0.1) is 0 Å². The van der Waals surface area contributed by atoms with Gasteiger partial charge in [-0.3, -0.25) is 0 Å². The van der Waals surface area contributed by atoms with Gasteiger partial charge in [-0.25, -0.2) is 9.18 Å². The summed E-state index contributed by atoms with van der Waals surface area (Å²) in [7, 11) is 0. The Hall–Kier alpha value is -1.99. The van der Waals surface area contributed by atoms with Gasteiger partial charge in [0.2, 0.25) is 0 Å². The fourth-order valence-corrected chi connectivity index (χ4v) is 1.42. The second kappa shape index (κ2) is 5.77. The number of carboxylic acid groups (broad SMARTS) is 1. The molecule has 0 amide bonds. The minimum atomic E-state index is -4.24. The summed E-state index contributed by atoms with van der Waals surface area (Å²) in [6.45, 7) is -0.0461. The molecule has 0 unspecified atom stereocenters. The van der Waals surface area contributed by atoms with Gasteiger partial charge in [0.15, 0.2) is 0 Å². The average Bonchev–Trinajstić information content (AvgIpc) is 2.26. The lowest BCUT2D eigenvalue weighted by Gasteiger charge is -2.11. The molecule has 0 aliphatic carbocycles. The minimum absolute atomic E-state index is 0.0363. The highest BCUT2D eigenvalue weighted by Crippen LogP contribution is 2.24. The molecule has 0 aliphatic rings. The highest BCUT2D eigenvalue weighted by Gasteiger charge is 2.25. The number of hydrogen-bond donors (Lipinski definition) is 3. The largest absolute Gasteiger partial charge is 0.478 e. The van der Waals surface area contributed by atoms with Crippen molar-refractivity contribution < 1.29 is 27.5 Å². The molecule has 1 aromatic rings. The van der Waals surface area contributed by atoms with Gasteiger partial charge < -0.3 is 16.2 Å². The Kier molecular flexibility index (Phi) is 4.57. The molecule has 4 nitrogen and oxygen atoms in total. The maximum absolute atomic E-state index is 13.3. The Labute approximate surface area is 106 Å². The number of benzene rings is 1. The third kappa shape index (κ3) is 4.65. The van der Waals surface area contributed by atoms with E-state index in [0.717, 1.165) is 12.1 Å². The summed E-state index contributed by atoms with van der Waals surface area (Å²) in [6.07, 6.45) is -5.40. The monoisotopic (exact) mass is 280 g/mol. The van der Waals surface area contributed by atoms with E-state index in [1.807, 2.05) is 0 Å². The molecular formula is C11H12F4N2O2. The molecule has 19 heavy (non-hydrogen) atoms. The van der Waals surface area contributed by atoms with E-state index >= 15 is 0 Å². The molecule has 4 N–H and O–H groups in total. The molecular weight excluding hydrogens is 268 g/mol. The molecule has 1 aromatic carbocycles. The molecule has 0 saturated carbocycles. The summed E-state index contributed by atoms with van der Waals surface area (Å²) < 4.78 is 49.0. The number of aromatic carboxylic acids is 1. The molecule has 0 saturated heterocycles. The van der Waals surface area contributed by atoms with E-state index in [0.29, 0.717) is 0 Å². The van der Waals surface area contributed by atoms with Crippen molar-refractivity contribution in [2.45, 2.75) is 19.0 Å². The van der Waals surface area contributed by atoms with Crippen LogP contribution in [0.4, 0.5) is 28.9 Å². The first-order chi connectivity index (χ1) is 8.70. The van der Waals surface area contributed by atoms with E-state index in [-0.39, 0.29) is 24.3 Å². The Morgan fingerprint density at radius 3 is 2.53 bits per heavy atom. The number of hydrogen-bond acceptors (Lipinski definition) is 3. The van der Waals surface area contributed by atoms with Crippen LogP contribution < -0.4 is 11.1 Å². The van der Waals surface area contributed by atoms with Crippen LogP contribution in [0.5, 0.6) is 0 Å². The molecule has 0 atom stereocenters. The topological polar surface area (TPSA) is 75.4 Å². The summed E-state index contributed by atoms with van der Waals surface area (Å²) >= 11 is 0. The van der Waals surface area contributed by atoms with Crippen molar-refractivity contribution in [2.24, 2.45) is 0 Å². The Morgan fingerprint density at radius 1 is 1.37 bits per heavy atom. The van der Waals surface area contributed by atoms with Gasteiger partial charge >= 0.3 is 12.1 Å². The summed E-state index contributed by atoms with van der Waals surface area (Å²) in [5, 5.41) is 11.2. The first-order valence-electron chi connectivity index (χ1n) is 5.33. The smallest absolute Gasteiger partial charge is 0.389 e. The molecule has 0 aromatic heterocycles. The van der Waals surface area contributed by atoms with Crippen LogP contribution in [0.1, 0.15) is 23.2 Å². The Morgan fingerprint density at radius 2 is 2.00 bits per heavy atom. The van der Waals surface area contributed by atoms with Crippen molar-refractivity contribution in [1.82, 2.24) is 0 Å². The van der Waals surface area contributed by atoms with Crippen LogP contribution in [0, 0.1) is 5.82 Å². The van der Waals surface area contributed by atoms with E-state index < -0.39 is 29.9 Å². The summed E-state index contributed by atoms with van der Waals surface area (Å²) in [6, 6.07) is 1.77. The van der Waals surface area contributed by atoms with Crippen molar-refractivity contribution >= 4 is 17.3 Å².